The van der Waals surface area contributed by atoms with Gasteiger partial charge < -0.3 is 4.74 Å². The van der Waals surface area contributed by atoms with Gasteiger partial charge in [-0.3, -0.25) is 0 Å². The van der Waals surface area contributed by atoms with Gasteiger partial charge in [-0.2, -0.15) is 0 Å². The third-order valence-electron chi connectivity index (χ3n) is 11.0. The Labute approximate surface area is 313 Å². The molecule has 0 amide bonds. The van der Waals surface area contributed by atoms with Crippen molar-refractivity contribution in [2.45, 2.75) is 5.41 Å². The van der Waals surface area contributed by atoms with Crippen LogP contribution >= 0.6 is 0 Å². The molecule has 0 unspecified atom stereocenters. The Bertz CT molecular complexity index is 2870. The van der Waals surface area contributed by atoms with Crippen LogP contribution < -0.4 is 4.74 Å². The summed E-state index contributed by atoms with van der Waals surface area (Å²) in [5.41, 5.74) is 12.0. The minimum absolute atomic E-state index is 0.509. The molecule has 0 bridgehead atoms. The van der Waals surface area contributed by atoms with Gasteiger partial charge in [0.1, 0.15) is 11.5 Å². The fourth-order valence-corrected chi connectivity index (χ4v) is 8.62. The number of aromatic nitrogens is 3. The van der Waals surface area contributed by atoms with Crippen LogP contribution in [-0.2, 0) is 5.41 Å². The van der Waals surface area contributed by atoms with Crippen molar-refractivity contribution in [3.63, 3.8) is 0 Å². The van der Waals surface area contributed by atoms with E-state index in [4.69, 9.17) is 19.7 Å². The predicted octanol–water partition coefficient (Wildman–Crippen LogP) is 12.2. The molecule has 9 aromatic rings. The minimum atomic E-state index is -0.509. The summed E-state index contributed by atoms with van der Waals surface area (Å²) in [6, 6.07) is 66.1. The van der Waals surface area contributed by atoms with E-state index < -0.39 is 5.41 Å². The van der Waals surface area contributed by atoms with E-state index in [1.807, 2.05) is 30.3 Å². The molecule has 0 atom stereocenters. The maximum Gasteiger partial charge on any atom is 0.164 e. The fraction of sp³-hybridized carbons (Fsp3) is 0.0200. The number of benzene rings is 8. The van der Waals surface area contributed by atoms with Crippen molar-refractivity contribution in [3.05, 3.63) is 210 Å². The largest absolute Gasteiger partial charge is 0.457 e. The summed E-state index contributed by atoms with van der Waals surface area (Å²) in [6.07, 6.45) is 0. The second-order valence-electron chi connectivity index (χ2n) is 13.9. The lowest BCUT2D eigenvalue weighted by atomic mass is 9.66. The Kier molecular flexibility index (Phi) is 6.73. The Morgan fingerprint density at radius 1 is 0.333 bits per heavy atom. The predicted molar refractivity (Wildman–Crippen MR) is 216 cm³/mol. The average Bonchev–Trinajstić information content (AvgIpc) is 3.54. The number of hydrogen-bond donors (Lipinski definition) is 0. The first-order chi connectivity index (χ1) is 26.8. The first-order valence-electron chi connectivity index (χ1n) is 18.3. The Balaban J connectivity index is 1.06. The second kappa shape index (κ2) is 11.9. The zero-order valence-corrected chi connectivity index (χ0v) is 29.1. The van der Waals surface area contributed by atoms with E-state index in [9.17, 15) is 0 Å². The average molecular weight is 690 g/mol. The molecule has 0 saturated carbocycles. The van der Waals surface area contributed by atoms with E-state index in [0.29, 0.717) is 17.5 Å². The lowest BCUT2D eigenvalue weighted by molar-refractivity contribution is 0.436. The molecule has 4 heteroatoms. The molecule has 11 rings (SSSR count). The Hall–Kier alpha value is -7.17. The van der Waals surface area contributed by atoms with Crippen LogP contribution in [0.5, 0.6) is 11.5 Å². The normalized spacial score (nSPS) is 13.1. The van der Waals surface area contributed by atoms with Crippen molar-refractivity contribution >= 4 is 10.8 Å². The first-order valence-corrected chi connectivity index (χ1v) is 18.3. The topological polar surface area (TPSA) is 47.9 Å². The summed E-state index contributed by atoms with van der Waals surface area (Å²) in [5.74, 6) is 3.71. The van der Waals surface area contributed by atoms with Gasteiger partial charge in [-0.15, -0.1) is 0 Å². The lowest BCUT2D eigenvalue weighted by Crippen LogP contribution is -2.32. The van der Waals surface area contributed by atoms with Crippen molar-refractivity contribution in [1.82, 2.24) is 15.0 Å². The van der Waals surface area contributed by atoms with Gasteiger partial charge in [-0.1, -0.05) is 170 Å². The van der Waals surface area contributed by atoms with E-state index in [2.05, 4.69) is 158 Å². The van der Waals surface area contributed by atoms with Crippen molar-refractivity contribution in [3.8, 4) is 67.9 Å². The molecular weight excluding hydrogens is 659 g/mol. The third kappa shape index (κ3) is 4.53. The molecule has 0 saturated heterocycles. The van der Waals surface area contributed by atoms with Crippen LogP contribution in [0.25, 0.3) is 67.2 Å². The Morgan fingerprint density at radius 2 is 0.833 bits per heavy atom. The summed E-state index contributed by atoms with van der Waals surface area (Å²) in [4.78, 5) is 15.1. The molecule has 252 valence electrons. The van der Waals surface area contributed by atoms with Gasteiger partial charge in [0.15, 0.2) is 17.5 Å². The molecule has 0 N–H and O–H groups in total. The van der Waals surface area contributed by atoms with E-state index in [0.717, 1.165) is 50.3 Å². The van der Waals surface area contributed by atoms with Crippen LogP contribution in [0.4, 0.5) is 0 Å². The summed E-state index contributed by atoms with van der Waals surface area (Å²) in [6.45, 7) is 0. The number of ether oxygens (including phenoxy) is 1. The van der Waals surface area contributed by atoms with E-state index in [1.54, 1.807) is 0 Å². The van der Waals surface area contributed by atoms with Crippen LogP contribution in [0.2, 0.25) is 0 Å². The molecule has 0 fully saturated rings. The quantitative estimate of drug-likeness (QED) is 0.185. The fourth-order valence-electron chi connectivity index (χ4n) is 8.62. The molecule has 1 aromatic heterocycles. The number of hydrogen-bond acceptors (Lipinski definition) is 4. The van der Waals surface area contributed by atoms with Crippen LogP contribution in [-0.4, -0.2) is 15.0 Å². The minimum Gasteiger partial charge on any atom is -0.457 e. The maximum absolute atomic E-state index is 6.54. The van der Waals surface area contributed by atoms with Gasteiger partial charge in [0.25, 0.3) is 0 Å². The lowest BCUT2D eigenvalue weighted by Gasteiger charge is -2.39. The number of para-hydroxylation sites is 2. The number of nitrogens with zero attached hydrogens (tertiary/aromatic N) is 3. The standard InChI is InChI=1S/C50H31N3O/c1-2-14-34(15-3-1)47-51-48(53-49(52-47)37-30-25-32-13-4-5-16-36(32)31-37)35-28-26-33(27-29-35)38-18-12-22-43-46(38)39-17-6-7-19-40(39)50(43)41-20-8-10-23-44(41)54-45-24-11-9-21-42(45)50/h1-31H. The van der Waals surface area contributed by atoms with Gasteiger partial charge in [0, 0.05) is 27.8 Å². The molecule has 8 aromatic carbocycles. The molecular formula is C50H31N3O. The first kappa shape index (κ1) is 30.5. The molecule has 1 aliphatic carbocycles. The molecule has 1 aliphatic heterocycles. The molecule has 4 nitrogen and oxygen atoms in total. The highest BCUT2D eigenvalue weighted by Crippen LogP contribution is 2.63. The summed E-state index contributed by atoms with van der Waals surface area (Å²) >= 11 is 0. The van der Waals surface area contributed by atoms with E-state index in [1.165, 1.54) is 33.2 Å². The van der Waals surface area contributed by atoms with Gasteiger partial charge in [0.05, 0.1) is 5.41 Å². The molecule has 0 radical (unpaired) electrons. The van der Waals surface area contributed by atoms with Crippen LogP contribution in [0.15, 0.2) is 188 Å². The highest BCUT2D eigenvalue weighted by atomic mass is 16.5. The highest BCUT2D eigenvalue weighted by Gasteiger charge is 2.51. The van der Waals surface area contributed by atoms with Crippen molar-refractivity contribution in [2.24, 2.45) is 0 Å². The third-order valence-corrected chi connectivity index (χ3v) is 11.0. The SMILES string of the molecule is c1ccc(-c2nc(-c3ccc(-c4cccc5c4-c4ccccc4C54c5ccccc5Oc5ccccc54)cc3)nc(-c3ccc4ccccc4c3)n2)cc1. The number of rotatable bonds is 4. The molecule has 1 spiro atoms. The summed E-state index contributed by atoms with van der Waals surface area (Å²) in [5, 5.41) is 2.33. The zero-order valence-electron chi connectivity index (χ0n) is 29.1. The molecule has 2 heterocycles. The van der Waals surface area contributed by atoms with Crippen LogP contribution in [0.3, 0.4) is 0 Å². The molecule has 54 heavy (non-hydrogen) atoms. The second-order valence-corrected chi connectivity index (χ2v) is 13.9. The van der Waals surface area contributed by atoms with Crippen LogP contribution in [0, 0.1) is 0 Å². The van der Waals surface area contributed by atoms with Gasteiger partial charge >= 0.3 is 0 Å². The van der Waals surface area contributed by atoms with E-state index >= 15 is 0 Å². The van der Waals surface area contributed by atoms with Gasteiger partial charge in [-0.05, 0) is 62.4 Å². The summed E-state index contributed by atoms with van der Waals surface area (Å²) < 4.78 is 6.54. The zero-order chi connectivity index (χ0) is 35.6. The smallest absolute Gasteiger partial charge is 0.164 e. The summed E-state index contributed by atoms with van der Waals surface area (Å²) in [7, 11) is 0. The maximum atomic E-state index is 6.54. The van der Waals surface area contributed by atoms with Crippen molar-refractivity contribution in [2.75, 3.05) is 0 Å². The van der Waals surface area contributed by atoms with Gasteiger partial charge in [-0.25, -0.2) is 15.0 Å². The van der Waals surface area contributed by atoms with Crippen molar-refractivity contribution in [1.29, 1.82) is 0 Å². The monoisotopic (exact) mass is 689 g/mol. The molecule has 2 aliphatic rings. The van der Waals surface area contributed by atoms with Gasteiger partial charge in [0.2, 0.25) is 0 Å². The number of fused-ring (bicyclic) bond motifs is 10. The van der Waals surface area contributed by atoms with E-state index in [-0.39, 0.29) is 0 Å². The highest BCUT2D eigenvalue weighted by molar-refractivity contribution is 5.96. The Morgan fingerprint density at radius 3 is 1.56 bits per heavy atom. The van der Waals surface area contributed by atoms with Crippen molar-refractivity contribution < 1.29 is 4.74 Å². The van der Waals surface area contributed by atoms with Crippen LogP contribution in [0.1, 0.15) is 22.3 Å².